The monoisotopic (exact) mass is 185 g/mol. The summed E-state index contributed by atoms with van der Waals surface area (Å²) in [5.41, 5.74) is 5.50. The predicted octanol–water partition coefficient (Wildman–Crippen LogP) is 0.912. The number of aromatic hydroxyl groups is 1. The van der Waals surface area contributed by atoms with Crippen molar-refractivity contribution in [2.24, 2.45) is 5.73 Å². The van der Waals surface area contributed by atoms with Crippen LogP contribution < -0.4 is 5.73 Å². The molecule has 0 spiro atoms. The molecule has 0 saturated heterocycles. The van der Waals surface area contributed by atoms with Gasteiger partial charge in [0.15, 0.2) is 0 Å². The summed E-state index contributed by atoms with van der Waals surface area (Å²) < 4.78 is 13.1. The molecule has 1 aromatic rings. The summed E-state index contributed by atoms with van der Waals surface area (Å²) in [5, 5.41) is 18.3. The minimum Gasteiger partial charge on any atom is -0.508 e. The topological polar surface area (TPSA) is 66.5 Å². The molecule has 0 saturated carbocycles. The van der Waals surface area contributed by atoms with Crippen molar-refractivity contribution in [3.05, 3.63) is 29.6 Å². The zero-order valence-electron chi connectivity index (χ0n) is 7.24. The van der Waals surface area contributed by atoms with Crippen LogP contribution in [0.3, 0.4) is 0 Å². The fraction of sp³-hybridized carbons (Fsp3) is 0.333. The number of benzene rings is 1. The first kappa shape index (κ1) is 9.95. The van der Waals surface area contributed by atoms with E-state index >= 15 is 0 Å². The Morgan fingerprint density at radius 1 is 1.46 bits per heavy atom. The van der Waals surface area contributed by atoms with Crippen molar-refractivity contribution in [1.82, 2.24) is 0 Å². The molecule has 4 heteroatoms. The van der Waals surface area contributed by atoms with Gasteiger partial charge in [0.25, 0.3) is 0 Å². The largest absolute Gasteiger partial charge is 0.508 e. The summed E-state index contributed by atoms with van der Waals surface area (Å²) in [4.78, 5) is 0. The van der Waals surface area contributed by atoms with Crippen LogP contribution in [-0.4, -0.2) is 16.3 Å². The zero-order valence-corrected chi connectivity index (χ0v) is 7.24. The molecule has 13 heavy (non-hydrogen) atoms. The first-order valence-electron chi connectivity index (χ1n) is 3.94. The molecule has 0 aromatic heterocycles. The van der Waals surface area contributed by atoms with Crippen molar-refractivity contribution in [2.45, 2.75) is 19.1 Å². The van der Waals surface area contributed by atoms with E-state index in [0.717, 1.165) is 6.07 Å². The Hall–Kier alpha value is -1.13. The third-order valence-electron chi connectivity index (χ3n) is 1.80. The molecule has 0 aliphatic heterocycles. The molecule has 4 N–H and O–H groups in total. The lowest BCUT2D eigenvalue weighted by Crippen LogP contribution is -2.25. The molecule has 0 amide bonds. The third kappa shape index (κ3) is 2.17. The average molecular weight is 185 g/mol. The van der Waals surface area contributed by atoms with E-state index in [2.05, 4.69) is 0 Å². The zero-order chi connectivity index (χ0) is 10.0. The quantitative estimate of drug-likeness (QED) is 0.641. The molecular weight excluding hydrogens is 173 g/mol. The van der Waals surface area contributed by atoms with Crippen LogP contribution in [0.15, 0.2) is 18.2 Å². The van der Waals surface area contributed by atoms with Gasteiger partial charge in [-0.1, -0.05) is 0 Å². The highest BCUT2D eigenvalue weighted by Gasteiger charge is 2.16. The highest BCUT2D eigenvalue weighted by molar-refractivity contribution is 5.29. The number of aliphatic hydroxyl groups is 1. The second kappa shape index (κ2) is 3.72. The molecule has 3 nitrogen and oxygen atoms in total. The smallest absolute Gasteiger partial charge is 0.132 e. The summed E-state index contributed by atoms with van der Waals surface area (Å²) in [6.45, 7) is 1.58. The van der Waals surface area contributed by atoms with Crippen molar-refractivity contribution in [1.29, 1.82) is 0 Å². The molecule has 0 unspecified atom stereocenters. The molecule has 0 aliphatic carbocycles. The Balaban J connectivity index is 3.01. The minimum atomic E-state index is -1.04. The van der Waals surface area contributed by atoms with Gasteiger partial charge in [0.1, 0.15) is 11.6 Å². The number of hydrogen-bond donors (Lipinski definition) is 3. The molecule has 0 radical (unpaired) electrons. The molecule has 72 valence electrons. The van der Waals surface area contributed by atoms with Gasteiger partial charge in [-0.2, -0.15) is 0 Å². The highest BCUT2D eigenvalue weighted by Crippen LogP contribution is 2.22. The fourth-order valence-corrected chi connectivity index (χ4v) is 1.04. The number of rotatable bonds is 2. The molecular formula is C9H12FNO2. The van der Waals surface area contributed by atoms with Crippen LogP contribution >= 0.6 is 0 Å². The van der Waals surface area contributed by atoms with Crippen molar-refractivity contribution in [3.8, 4) is 5.75 Å². The normalized spacial score (nSPS) is 15.4. The summed E-state index contributed by atoms with van der Waals surface area (Å²) in [5.74, 6) is -0.817. The number of phenols is 1. The number of aliphatic hydroxyl groups excluding tert-OH is 1. The lowest BCUT2D eigenvalue weighted by molar-refractivity contribution is 0.149. The summed E-state index contributed by atoms with van der Waals surface area (Å²) in [6, 6.07) is 3.03. The fourth-order valence-electron chi connectivity index (χ4n) is 1.04. The first-order valence-corrected chi connectivity index (χ1v) is 3.94. The Bertz CT molecular complexity index is 302. The maximum absolute atomic E-state index is 13.1. The third-order valence-corrected chi connectivity index (χ3v) is 1.80. The average Bonchev–Trinajstić information content (AvgIpc) is 2.03. The second-order valence-electron chi connectivity index (χ2n) is 3.01. The minimum absolute atomic E-state index is 0.104. The van der Waals surface area contributed by atoms with Gasteiger partial charge in [-0.25, -0.2) is 4.39 Å². The van der Waals surface area contributed by atoms with Gasteiger partial charge in [0.2, 0.25) is 0 Å². The lowest BCUT2D eigenvalue weighted by Gasteiger charge is -2.15. The van der Waals surface area contributed by atoms with E-state index in [9.17, 15) is 9.50 Å². The van der Waals surface area contributed by atoms with Crippen molar-refractivity contribution in [2.75, 3.05) is 0 Å². The van der Waals surface area contributed by atoms with Gasteiger partial charge in [-0.05, 0) is 19.1 Å². The van der Waals surface area contributed by atoms with E-state index in [1.807, 2.05) is 0 Å². The standard InChI is InChI=1S/C9H12FNO2/c1-5(11)9(13)7-3-2-6(12)4-8(7)10/h2-5,9,12-13H,11H2,1H3/t5-,9+/m0/s1. The van der Waals surface area contributed by atoms with Crippen LogP contribution in [0.1, 0.15) is 18.6 Å². The van der Waals surface area contributed by atoms with Crippen LogP contribution in [0, 0.1) is 5.82 Å². The SMILES string of the molecule is C[C@H](N)[C@@H](O)c1ccc(O)cc1F. The van der Waals surface area contributed by atoms with E-state index < -0.39 is 18.0 Å². The van der Waals surface area contributed by atoms with Crippen LogP contribution in [0.5, 0.6) is 5.75 Å². The van der Waals surface area contributed by atoms with Gasteiger partial charge >= 0.3 is 0 Å². The second-order valence-corrected chi connectivity index (χ2v) is 3.01. The van der Waals surface area contributed by atoms with Crippen molar-refractivity contribution < 1.29 is 14.6 Å². The Morgan fingerprint density at radius 3 is 2.54 bits per heavy atom. The Labute approximate surface area is 75.6 Å². The van der Waals surface area contributed by atoms with Crippen molar-refractivity contribution in [3.63, 3.8) is 0 Å². The highest BCUT2D eigenvalue weighted by atomic mass is 19.1. The molecule has 1 aromatic carbocycles. The maximum atomic E-state index is 13.1. The summed E-state index contributed by atoms with van der Waals surface area (Å²) in [6.07, 6.45) is -1.04. The van der Waals surface area contributed by atoms with Crippen LogP contribution in [0.25, 0.3) is 0 Å². The molecule has 2 atom stereocenters. The maximum Gasteiger partial charge on any atom is 0.132 e. The number of hydrogen-bond acceptors (Lipinski definition) is 3. The number of halogens is 1. The van der Waals surface area contributed by atoms with E-state index in [4.69, 9.17) is 10.8 Å². The molecule has 0 heterocycles. The Kier molecular flexibility index (Phi) is 2.85. The molecule has 0 aliphatic rings. The van der Waals surface area contributed by atoms with Crippen molar-refractivity contribution >= 4 is 0 Å². The Morgan fingerprint density at radius 2 is 2.08 bits per heavy atom. The van der Waals surface area contributed by atoms with E-state index in [-0.39, 0.29) is 11.3 Å². The van der Waals surface area contributed by atoms with Crippen LogP contribution in [0.4, 0.5) is 4.39 Å². The van der Waals surface area contributed by atoms with Gasteiger partial charge in [0, 0.05) is 17.7 Å². The number of nitrogens with two attached hydrogens (primary N) is 1. The van der Waals surface area contributed by atoms with E-state index in [1.54, 1.807) is 6.92 Å². The van der Waals surface area contributed by atoms with Gasteiger partial charge < -0.3 is 15.9 Å². The van der Waals surface area contributed by atoms with Gasteiger partial charge in [-0.15, -0.1) is 0 Å². The molecule has 0 fully saturated rings. The van der Waals surface area contributed by atoms with Gasteiger partial charge in [0.05, 0.1) is 6.10 Å². The van der Waals surface area contributed by atoms with Crippen LogP contribution in [-0.2, 0) is 0 Å². The predicted molar refractivity (Wildman–Crippen MR) is 46.7 cm³/mol. The number of phenolic OH excluding ortho intramolecular Hbond substituents is 1. The first-order chi connectivity index (χ1) is 6.02. The summed E-state index contributed by atoms with van der Waals surface area (Å²) in [7, 11) is 0. The van der Waals surface area contributed by atoms with E-state index in [1.165, 1.54) is 12.1 Å². The van der Waals surface area contributed by atoms with Crippen LogP contribution in [0.2, 0.25) is 0 Å². The molecule has 1 rings (SSSR count). The molecule has 0 bridgehead atoms. The van der Waals surface area contributed by atoms with Gasteiger partial charge in [-0.3, -0.25) is 0 Å². The van der Waals surface area contributed by atoms with E-state index in [0.29, 0.717) is 0 Å². The lowest BCUT2D eigenvalue weighted by atomic mass is 10.0. The summed E-state index contributed by atoms with van der Waals surface area (Å²) >= 11 is 0.